The molecule has 0 saturated carbocycles. The molecule has 1 heterocycles. The normalized spacial score (nSPS) is 26.8. The van der Waals surface area contributed by atoms with Crippen LogP contribution >= 0.6 is 0 Å². The highest BCUT2D eigenvalue weighted by molar-refractivity contribution is 5.88. The number of halogens is 4. The second kappa shape index (κ2) is 3.67. The Morgan fingerprint density at radius 2 is 1.87 bits per heavy atom. The van der Waals surface area contributed by atoms with Crippen LogP contribution in [0.25, 0.3) is 0 Å². The van der Waals surface area contributed by atoms with E-state index in [4.69, 9.17) is 5.11 Å². The molecule has 15 heavy (non-hydrogen) atoms. The molecule has 1 rings (SSSR count). The first-order chi connectivity index (χ1) is 6.75. The van der Waals surface area contributed by atoms with Crippen molar-refractivity contribution < 1.29 is 32.3 Å². The third kappa shape index (κ3) is 2.18. The Labute approximate surface area is 81.5 Å². The Kier molecular flexibility index (Phi) is 2.87. The minimum Gasteiger partial charge on any atom is -0.480 e. The molecule has 4 nitrogen and oxygen atoms in total. The average Bonchev–Trinajstić information content (AvgIpc) is 2.43. The Balaban J connectivity index is 2.87. The van der Waals surface area contributed by atoms with E-state index >= 15 is 0 Å². The highest BCUT2D eigenvalue weighted by atomic mass is 19.4. The van der Waals surface area contributed by atoms with Crippen LogP contribution in [0.5, 0.6) is 0 Å². The van der Waals surface area contributed by atoms with Gasteiger partial charge in [0.05, 0.1) is 0 Å². The van der Waals surface area contributed by atoms with E-state index in [0.717, 1.165) is 0 Å². The number of rotatable bonds is 1. The lowest BCUT2D eigenvalue weighted by Gasteiger charge is -2.22. The molecule has 1 amide bonds. The quantitative estimate of drug-likeness (QED) is 0.669. The zero-order chi connectivity index (χ0) is 11.8. The lowest BCUT2D eigenvalue weighted by Crippen LogP contribution is -2.49. The van der Waals surface area contributed by atoms with Gasteiger partial charge in [0.1, 0.15) is 6.17 Å². The van der Waals surface area contributed by atoms with Gasteiger partial charge in [0.2, 0.25) is 0 Å². The van der Waals surface area contributed by atoms with E-state index in [0.29, 0.717) is 0 Å². The summed E-state index contributed by atoms with van der Waals surface area (Å²) in [6.07, 6.45) is -7.51. The first kappa shape index (κ1) is 11.7. The minimum absolute atomic E-state index is 0.00694. The second-order valence-electron chi connectivity index (χ2n) is 3.08. The fourth-order valence-corrected chi connectivity index (χ4v) is 1.43. The molecule has 2 atom stereocenters. The fourth-order valence-electron chi connectivity index (χ4n) is 1.43. The number of hydrogen-bond acceptors (Lipinski definition) is 2. The van der Waals surface area contributed by atoms with Crippen molar-refractivity contribution in [2.75, 3.05) is 6.54 Å². The molecule has 0 bridgehead atoms. The third-order valence-corrected chi connectivity index (χ3v) is 2.08. The predicted octanol–water partition coefficient (Wildman–Crippen LogP) is 0.572. The van der Waals surface area contributed by atoms with Crippen LogP contribution in [0.2, 0.25) is 0 Å². The van der Waals surface area contributed by atoms with Gasteiger partial charge in [-0.3, -0.25) is 4.79 Å². The number of carbonyl (C=O) groups excluding carboxylic acids is 1. The first-order valence-corrected chi connectivity index (χ1v) is 4.00. The van der Waals surface area contributed by atoms with E-state index in [9.17, 15) is 27.2 Å². The summed E-state index contributed by atoms with van der Waals surface area (Å²) in [5, 5.41) is 8.47. The number of nitrogens with zero attached hydrogens (tertiary/aromatic N) is 1. The standard InChI is InChI=1S/C7H7F4NO3/c8-3-1-2-12(4(3)5(13)14)6(15)7(9,10)11/h3-4H,1-2H2,(H,13,14)/t3-,4-/m0/s1. The Morgan fingerprint density at radius 1 is 1.33 bits per heavy atom. The summed E-state index contributed by atoms with van der Waals surface area (Å²) in [6, 6.07) is -2.03. The van der Waals surface area contributed by atoms with Crippen LogP contribution in [0, 0.1) is 0 Å². The van der Waals surface area contributed by atoms with Gasteiger partial charge in [-0.15, -0.1) is 0 Å². The van der Waals surface area contributed by atoms with E-state index in [1.54, 1.807) is 0 Å². The van der Waals surface area contributed by atoms with Crippen molar-refractivity contribution in [2.45, 2.75) is 24.8 Å². The molecule has 1 aliphatic rings. The van der Waals surface area contributed by atoms with Crippen molar-refractivity contribution >= 4 is 11.9 Å². The maximum atomic E-state index is 12.9. The molecule has 1 saturated heterocycles. The Bertz CT molecular complexity index is 290. The highest BCUT2D eigenvalue weighted by Gasteiger charge is 2.51. The van der Waals surface area contributed by atoms with Crippen molar-refractivity contribution in [3.8, 4) is 0 Å². The van der Waals surface area contributed by atoms with E-state index in [-0.39, 0.29) is 4.90 Å². The summed E-state index contributed by atoms with van der Waals surface area (Å²) in [7, 11) is 0. The number of amides is 1. The second-order valence-corrected chi connectivity index (χ2v) is 3.08. The number of aliphatic carboxylic acids is 1. The number of carbonyl (C=O) groups is 2. The summed E-state index contributed by atoms with van der Waals surface area (Å²) in [6.45, 7) is -0.531. The molecule has 0 aromatic carbocycles. The maximum absolute atomic E-state index is 12.9. The van der Waals surface area contributed by atoms with Gasteiger partial charge in [0, 0.05) is 6.54 Å². The molecule has 0 unspecified atom stereocenters. The van der Waals surface area contributed by atoms with Crippen molar-refractivity contribution in [3.05, 3.63) is 0 Å². The van der Waals surface area contributed by atoms with E-state index in [1.165, 1.54) is 0 Å². The fraction of sp³-hybridized carbons (Fsp3) is 0.714. The van der Waals surface area contributed by atoms with E-state index in [1.807, 2.05) is 0 Å². The van der Waals surface area contributed by atoms with Crippen LogP contribution in [0.4, 0.5) is 17.6 Å². The summed E-state index contributed by atoms with van der Waals surface area (Å²) in [5.74, 6) is -4.08. The smallest absolute Gasteiger partial charge is 0.471 e. The van der Waals surface area contributed by atoms with E-state index in [2.05, 4.69) is 0 Å². The van der Waals surface area contributed by atoms with Crippen molar-refractivity contribution in [3.63, 3.8) is 0 Å². The topological polar surface area (TPSA) is 57.6 Å². The lowest BCUT2D eigenvalue weighted by atomic mass is 10.2. The highest BCUT2D eigenvalue weighted by Crippen LogP contribution is 2.27. The van der Waals surface area contributed by atoms with Gasteiger partial charge in [-0.05, 0) is 6.42 Å². The zero-order valence-corrected chi connectivity index (χ0v) is 7.29. The molecule has 0 aromatic rings. The van der Waals surface area contributed by atoms with Gasteiger partial charge in [-0.1, -0.05) is 0 Å². The average molecular weight is 229 g/mol. The third-order valence-electron chi connectivity index (χ3n) is 2.08. The summed E-state index contributed by atoms with van der Waals surface area (Å²) >= 11 is 0. The van der Waals surface area contributed by atoms with Crippen molar-refractivity contribution in [1.29, 1.82) is 0 Å². The van der Waals surface area contributed by atoms with Gasteiger partial charge in [-0.2, -0.15) is 13.2 Å². The number of carboxylic acids is 1. The number of carboxylic acid groups (broad SMARTS) is 1. The molecular formula is C7H7F4NO3. The molecular weight excluding hydrogens is 222 g/mol. The van der Waals surface area contributed by atoms with Gasteiger partial charge < -0.3 is 10.0 Å². The summed E-state index contributed by atoms with van der Waals surface area (Å²) in [4.78, 5) is 21.2. The van der Waals surface area contributed by atoms with Crippen LogP contribution < -0.4 is 0 Å². The molecule has 1 N–H and O–H groups in total. The molecule has 0 spiro atoms. The summed E-state index contributed by atoms with van der Waals surface area (Å²) < 4.78 is 48.8. The first-order valence-electron chi connectivity index (χ1n) is 4.00. The van der Waals surface area contributed by atoms with E-state index < -0.39 is 43.2 Å². The molecule has 0 aromatic heterocycles. The lowest BCUT2D eigenvalue weighted by molar-refractivity contribution is -0.188. The number of hydrogen-bond donors (Lipinski definition) is 1. The molecule has 1 aliphatic heterocycles. The Morgan fingerprint density at radius 3 is 2.27 bits per heavy atom. The maximum Gasteiger partial charge on any atom is 0.471 e. The minimum atomic E-state index is -5.17. The van der Waals surface area contributed by atoms with Crippen LogP contribution in [-0.4, -0.2) is 46.8 Å². The molecule has 0 radical (unpaired) electrons. The van der Waals surface area contributed by atoms with Gasteiger partial charge in [-0.25, -0.2) is 9.18 Å². The van der Waals surface area contributed by atoms with Crippen LogP contribution in [-0.2, 0) is 9.59 Å². The van der Waals surface area contributed by atoms with Crippen LogP contribution in [0.15, 0.2) is 0 Å². The molecule has 86 valence electrons. The van der Waals surface area contributed by atoms with Gasteiger partial charge in [0.15, 0.2) is 6.04 Å². The van der Waals surface area contributed by atoms with Gasteiger partial charge >= 0.3 is 18.1 Å². The molecule has 0 aliphatic carbocycles. The molecule has 1 fully saturated rings. The van der Waals surface area contributed by atoms with Crippen molar-refractivity contribution in [2.24, 2.45) is 0 Å². The zero-order valence-electron chi connectivity index (χ0n) is 7.29. The number of likely N-dealkylation sites (tertiary alicyclic amines) is 1. The van der Waals surface area contributed by atoms with Gasteiger partial charge in [0.25, 0.3) is 0 Å². The SMILES string of the molecule is O=C(O)[C@@H]1[C@@H](F)CCN1C(=O)C(F)(F)F. The monoisotopic (exact) mass is 229 g/mol. The summed E-state index contributed by atoms with van der Waals surface area (Å²) in [5.41, 5.74) is 0. The Hall–Kier alpha value is -1.34. The van der Waals surface area contributed by atoms with Crippen LogP contribution in [0.1, 0.15) is 6.42 Å². The van der Waals surface area contributed by atoms with Crippen LogP contribution in [0.3, 0.4) is 0 Å². The van der Waals surface area contributed by atoms with Crippen molar-refractivity contribution in [1.82, 2.24) is 4.90 Å². The predicted molar refractivity (Wildman–Crippen MR) is 38.7 cm³/mol. The number of alkyl halides is 4. The largest absolute Gasteiger partial charge is 0.480 e. The molecule has 8 heteroatoms.